The molecule has 1 amide bonds. The first-order valence-corrected chi connectivity index (χ1v) is 7.70. The quantitative estimate of drug-likeness (QED) is 0.660. The molecule has 0 saturated heterocycles. The van der Waals surface area contributed by atoms with Gasteiger partial charge in [0.25, 0.3) is 0 Å². The molecular weight excluding hydrogens is 312 g/mol. The molecule has 0 aromatic heterocycles. The molecule has 0 radical (unpaired) electrons. The summed E-state index contributed by atoms with van der Waals surface area (Å²) in [7, 11) is 6.18. The van der Waals surface area contributed by atoms with Gasteiger partial charge in [-0.25, -0.2) is 0 Å². The van der Waals surface area contributed by atoms with E-state index in [9.17, 15) is 9.59 Å². The van der Waals surface area contributed by atoms with Crippen LogP contribution < -0.4 is 20.1 Å². The van der Waals surface area contributed by atoms with E-state index in [2.05, 4.69) is 10.6 Å². The second-order valence-electron chi connectivity index (χ2n) is 5.41. The molecule has 0 spiro atoms. The van der Waals surface area contributed by atoms with E-state index in [4.69, 9.17) is 14.2 Å². The van der Waals surface area contributed by atoms with Crippen molar-refractivity contribution in [3.8, 4) is 11.5 Å². The van der Waals surface area contributed by atoms with Crippen LogP contribution in [0.15, 0.2) is 18.2 Å². The number of amides is 1. The first-order valence-electron chi connectivity index (χ1n) is 7.70. The van der Waals surface area contributed by atoms with Crippen LogP contribution in [0, 0.1) is 5.92 Å². The van der Waals surface area contributed by atoms with Gasteiger partial charge in [-0.05, 0) is 24.7 Å². The average Bonchev–Trinajstić information content (AvgIpc) is 2.60. The van der Waals surface area contributed by atoms with Gasteiger partial charge in [-0.15, -0.1) is 0 Å². The highest BCUT2D eigenvalue weighted by Crippen LogP contribution is 2.31. The molecule has 1 aromatic carbocycles. The van der Waals surface area contributed by atoms with Gasteiger partial charge < -0.3 is 24.8 Å². The van der Waals surface area contributed by atoms with Gasteiger partial charge >= 0.3 is 5.97 Å². The number of rotatable bonds is 9. The molecule has 7 nitrogen and oxygen atoms in total. The zero-order valence-corrected chi connectivity index (χ0v) is 14.8. The topological polar surface area (TPSA) is 85.9 Å². The molecule has 0 aliphatic carbocycles. The summed E-state index contributed by atoms with van der Waals surface area (Å²) in [5, 5.41) is 5.85. The maximum absolute atomic E-state index is 12.3. The number of carbonyl (C=O) groups is 2. The molecule has 0 bridgehead atoms. The molecule has 7 heteroatoms. The van der Waals surface area contributed by atoms with Crippen molar-refractivity contribution in [3.05, 3.63) is 23.8 Å². The SMILES string of the molecule is CNCC(C)C(=O)NC(CC(=O)OC)c1ccc(OC)c(OC)c1. The predicted molar refractivity (Wildman–Crippen MR) is 90.2 cm³/mol. The highest BCUT2D eigenvalue weighted by molar-refractivity contribution is 5.80. The normalized spacial score (nSPS) is 12.9. The lowest BCUT2D eigenvalue weighted by Crippen LogP contribution is -2.37. The first kappa shape index (κ1) is 19.8. The predicted octanol–water partition coefficient (Wildman–Crippen LogP) is 1.28. The molecule has 134 valence electrons. The van der Waals surface area contributed by atoms with Crippen molar-refractivity contribution in [1.29, 1.82) is 0 Å². The third-order valence-electron chi connectivity index (χ3n) is 3.68. The molecule has 0 saturated carbocycles. The van der Waals surface area contributed by atoms with Crippen LogP contribution in [0.3, 0.4) is 0 Å². The Kier molecular flexibility index (Phi) is 8.05. The van der Waals surface area contributed by atoms with E-state index in [-0.39, 0.29) is 18.2 Å². The second-order valence-corrected chi connectivity index (χ2v) is 5.41. The molecule has 0 aliphatic heterocycles. The number of esters is 1. The Hall–Kier alpha value is -2.28. The Morgan fingerprint density at radius 1 is 1.12 bits per heavy atom. The number of ether oxygens (including phenoxy) is 3. The van der Waals surface area contributed by atoms with E-state index in [0.717, 1.165) is 5.56 Å². The highest BCUT2D eigenvalue weighted by atomic mass is 16.5. The van der Waals surface area contributed by atoms with E-state index in [1.807, 2.05) is 6.92 Å². The molecule has 0 aliphatic rings. The summed E-state index contributed by atoms with van der Waals surface area (Å²) in [6, 6.07) is 4.76. The Morgan fingerprint density at radius 3 is 2.33 bits per heavy atom. The zero-order valence-electron chi connectivity index (χ0n) is 14.8. The van der Waals surface area contributed by atoms with Crippen LogP contribution in [0.1, 0.15) is 24.9 Å². The fourth-order valence-electron chi connectivity index (χ4n) is 2.28. The highest BCUT2D eigenvalue weighted by Gasteiger charge is 2.22. The molecule has 2 atom stereocenters. The number of hydrogen-bond donors (Lipinski definition) is 2. The summed E-state index contributed by atoms with van der Waals surface area (Å²) >= 11 is 0. The van der Waals surface area contributed by atoms with E-state index in [1.165, 1.54) is 14.2 Å². The summed E-state index contributed by atoms with van der Waals surface area (Å²) in [6.45, 7) is 2.36. The summed E-state index contributed by atoms with van der Waals surface area (Å²) in [5.41, 5.74) is 0.739. The summed E-state index contributed by atoms with van der Waals surface area (Å²) in [4.78, 5) is 24.0. The second kappa shape index (κ2) is 9.77. The van der Waals surface area contributed by atoms with Gasteiger partial charge in [-0.3, -0.25) is 9.59 Å². The molecule has 1 aromatic rings. The van der Waals surface area contributed by atoms with Gasteiger partial charge in [0.1, 0.15) is 0 Å². The van der Waals surface area contributed by atoms with Crippen molar-refractivity contribution in [3.63, 3.8) is 0 Å². The van der Waals surface area contributed by atoms with Crippen LogP contribution in [-0.2, 0) is 14.3 Å². The maximum Gasteiger partial charge on any atom is 0.307 e. The van der Waals surface area contributed by atoms with Crippen molar-refractivity contribution in [2.75, 3.05) is 34.9 Å². The maximum atomic E-state index is 12.3. The minimum Gasteiger partial charge on any atom is -0.493 e. The van der Waals surface area contributed by atoms with E-state index < -0.39 is 12.0 Å². The Labute approximate surface area is 142 Å². The average molecular weight is 338 g/mol. The smallest absolute Gasteiger partial charge is 0.307 e. The van der Waals surface area contributed by atoms with Gasteiger partial charge in [0.15, 0.2) is 11.5 Å². The lowest BCUT2D eigenvalue weighted by molar-refractivity contribution is -0.141. The first-order chi connectivity index (χ1) is 11.5. The molecule has 2 unspecified atom stereocenters. The van der Waals surface area contributed by atoms with Crippen LogP contribution in [0.4, 0.5) is 0 Å². The summed E-state index contributed by atoms with van der Waals surface area (Å²) < 4.78 is 15.2. The van der Waals surface area contributed by atoms with Crippen LogP contribution in [0.2, 0.25) is 0 Å². The lowest BCUT2D eigenvalue weighted by atomic mass is 10.0. The van der Waals surface area contributed by atoms with Crippen molar-refractivity contribution in [2.45, 2.75) is 19.4 Å². The monoisotopic (exact) mass is 338 g/mol. The summed E-state index contributed by atoms with van der Waals surface area (Å²) in [6.07, 6.45) is 0.0317. The van der Waals surface area contributed by atoms with Crippen molar-refractivity contribution >= 4 is 11.9 Å². The number of benzene rings is 1. The molecule has 1 rings (SSSR count). The van der Waals surface area contributed by atoms with Crippen LogP contribution in [0.5, 0.6) is 11.5 Å². The Balaban J connectivity index is 3.05. The van der Waals surface area contributed by atoms with E-state index >= 15 is 0 Å². The number of carbonyl (C=O) groups excluding carboxylic acids is 2. The van der Waals surface area contributed by atoms with Crippen LogP contribution in [-0.4, -0.2) is 46.8 Å². The minimum absolute atomic E-state index is 0.0317. The van der Waals surface area contributed by atoms with Gasteiger partial charge in [0.05, 0.1) is 33.8 Å². The molecule has 2 N–H and O–H groups in total. The molecule has 0 fully saturated rings. The number of nitrogens with one attached hydrogen (secondary N) is 2. The number of hydrogen-bond acceptors (Lipinski definition) is 6. The third kappa shape index (κ3) is 5.42. The van der Waals surface area contributed by atoms with Crippen molar-refractivity contribution < 1.29 is 23.8 Å². The fraction of sp³-hybridized carbons (Fsp3) is 0.529. The van der Waals surface area contributed by atoms with Gasteiger partial charge in [0.2, 0.25) is 5.91 Å². The van der Waals surface area contributed by atoms with Crippen molar-refractivity contribution in [1.82, 2.24) is 10.6 Å². The third-order valence-corrected chi connectivity index (χ3v) is 3.68. The van der Waals surface area contributed by atoms with Gasteiger partial charge in [-0.1, -0.05) is 13.0 Å². The minimum atomic E-state index is -0.510. The fourth-order valence-corrected chi connectivity index (χ4v) is 2.28. The van der Waals surface area contributed by atoms with E-state index in [0.29, 0.717) is 18.0 Å². The van der Waals surface area contributed by atoms with Gasteiger partial charge in [-0.2, -0.15) is 0 Å². The van der Waals surface area contributed by atoms with E-state index in [1.54, 1.807) is 32.4 Å². The lowest BCUT2D eigenvalue weighted by Gasteiger charge is -2.21. The molecule has 0 heterocycles. The summed E-state index contributed by atoms with van der Waals surface area (Å²) in [5.74, 6) is 0.329. The van der Waals surface area contributed by atoms with Crippen LogP contribution in [0.25, 0.3) is 0 Å². The standard InChI is InChI=1S/C17H26N2O5/c1-11(10-18-2)17(21)19-13(9-16(20)24-5)12-6-7-14(22-3)15(8-12)23-4/h6-8,11,13,18H,9-10H2,1-5H3,(H,19,21). The number of methoxy groups -OCH3 is 3. The van der Waals surface area contributed by atoms with Crippen molar-refractivity contribution in [2.24, 2.45) is 5.92 Å². The Morgan fingerprint density at radius 2 is 1.79 bits per heavy atom. The van der Waals surface area contributed by atoms with Crippen LogP contribution >= 0.6 is 0 Å². The van der Waals surface area contributed by atoms with Gasteiger partial charge in [0, 0.05) is 12.5 Å². The Bertz CT molecular complexity index is 562. The zero-order chi connectivity index (χ0) is 18.1. The largest absolute Gasteiger partial charge is 0.493 e. The molecule has 24 heavy (non-hydrogen) atoms. The molecular formula is C17H26N2O5.